The van der Waals surface area contributed by atoms with E-state index in [1.807, 2.05) is 0 Å². The van der Waals surface area contributed by atoms with Crippen LogP contribution in [-0.2, 0) is 9.47 Å². The SMILES string of the molecule is CC(C)=CCCC1=CC[C@@H]([C@@H]2OC[C@H](CCl)O2)[C@@H](C)C1. The zero-order valence-corrected chi connectivity index (χ0v) is 13.7. The molecular weight excluding hydrogens is 272 g/mol. The molecule has 1 aliphatic heterocycles. The van der Waals surface area contributed by atoms with Gasteiger partial charge in [-0.05, 0) is 45.4 Å². The second kappa shape index (κ2) is 7.63. The van der Waals surface area contributed by atoms with E-state index >= 15 is 0 Å². The lowest BCUT2D eigenvalue weighted by atomic mass is 9.79. The van der Waals surface area contributed by atoms with Crippen LogP contribution in [0.1, 0.15) is 46.5 Å². The first-order chi connectivity index (χ1) is 9.60. The molecule has 0 saturated carbocycles. The number of hydrogen-bond donors (Lipinski definition) is 0. The van der Waals surface area contributed by atoms with Gasteiger partial charge in [-0.15, -0.1) is 11.6 Å². The molecule has 0 aromatic carbocycles. The van der Waals surface area contributed by atoms with Crippen molar-refractivity contribution in [2.24, 2.45) is 11.8 Å². The molecular formula is C17H27ClO2. The predicted molar refractivity (Wildman–Crippen MR) is 84.0 cm³/mol. The van der Waals surface area contributed by atoms with Crippen molar-refractivity contribution in [1.82, 2.24) is 0 Å². The lowest BCUT2D eigenvalue weighted by Gasteiger charge is -2.32. The average molecular weight is 299 g/mol. The van der Waals surface area contributed by atoms with Crippen molar-refractivity contribution in [1.29, 1.82) is 0 Å². The van der Waals surface area contributed by atoms with Crippen LogP contribution >= 0.6 is 11.6 Å². The zero-order valence-electron chi connectivity index (χ0n) is 12.9. The monoisotopic (exact) mass is 298 g/mol. The molecule has 0 spiro atoms. The third kappa shape index (κ3) is 4.34. The fourth-order valence-electron chi connectivity index (χ4n) is 3.09. The summed E-state index contributed by atoms with van der Waals surface area (Å²) in [5, 5.41) is 0. The van der Waals surface area contributed by atoms with E-state index in [2.05, 4.69) is 32.9 Å². The number of ether oxygens (including phenoxy) is 2. The summed E-state index contributed by atoms with van der Waals surface area (Å²) in [6.07, 6.45) is 9.37. The maximum absolute atomic E-state index is 5.88. The van der Waals surface area contributed by atoms with Crippen LogP contribution in [0.15, 0.2) is 23.3 Å². The molecule has 2 aliphatic rings. The molecule has 0 bridgehead atoms. The lowest BCUT2D eigenvalue weighted by molar-refractivity contribution is -0.108. The Morgan fingerprint density at radius 1 is 1.45 bits per heavy atom. The van der Waals surface area contributed by atoms with Crippen molar-refractivity contribution in [3.63, 3.8) is 0 Å². The first-order valence-corrected chi connectivity index (χ1v) is 8.28. The van der Waals surface area contributed by atoms with Gasteiger partial charge in [-0.25, -0.2) is 0 Å². The molecule has 3 heteroatoms. The smallest absolute Gasteiger partial charge is 0.161 e. The number of alkyl halides is 1. The van der Waals surface area contributed by atoms with Crippen LogP contribution < -0.4 is 0 Å². The highest BCUT2D eigenvalue weighted by molar-refractivity contribution is 6.18. The van der Waals surface area contributed by atoms with E-state index in [1.54, 1.807) is 5.57 Å². The van der Waals surface area contributed by atoms with Crippen molar-refractivity contribution in [2.75, 3.05) is 12.5 Å². The summed E-state index contributed by atoms with van der Waals surface area (Å²) in [5.74, 6) is 1.64. The summed E-state index contributed by atoms with van der Waals surface area (Å²) in [6.45, 7) is 7.29. The van der Waals surface area contributed by atoms with Gasteiger partial charge in [-0.1, -0.05) is 30.2 Å². The van der Waals surface area contributed by atoms with Gasteiger partial charge in [0.1, 0.15) is 0 Å². The molecule has 1 heterocycles. The molecule has 114 valence electrons. The van der Waals surface area contributed by atoms with Crippen LogP contribution in [0, 0.1) is 11.8 Å². The fourth-order valence-corrected chi connectivity index (χ4v) is 3.25. The molecule has 0 unspecified atom stereocenters. The highest BCUT2D eigenvalue weighted by Gasteiger charge is 2.36. The predicted octanol–water partition coefficient (Wildman–Crippen LogP) is 4.69. The minimum atomic E-state index is -0.0515. The second-order valence-electron chi connectivity index (χ2n) is 6.38. The maximum atomic E-state index is 5.88. The molecule has 0 radical (unpaired) electrons. The first kappa shape index (κ1) is 16.1. The Balaban J connectivity index is 1.84. The summed E-state index contributed by atoms with van der Waals surface area (Å²) in [6, 6.07) is 0. The minimum absolute atomic E-state index is 0.0515. The zero-order chi connectivity index (χ0) is 14.5. The quantitative estimate of drug-likeness (QED) is 0.542. The summed E-state index contributed by atoms with van der Waals surface area (Å²) in [5.41, 5.74) is 3.00. The van der Waals surface area contributed by atoms with E-state index in [1.165, 1.54) is 18.4 Å². The molecule has 0 amide bonds. The van der Waals surface area contributed by atoms with Crippen LogP contribution in [-0.4, -0.2) is 24.9 Å². The Kier molecular flexibility index (Phi) is 6.13. The van der Waals surface area contributed by atoms with Gasteiger partial charge in [-0.2, -0.15) is 0 Å². The van der Waals surface area contributed by atoms with Gasteiger partial charge in [0, 0.05) is 5.92 Å². The number of halogens is 1. The Hall–Kier alpha value is -0.310. The summed E-state index contributed by atoms with van der Waals surface area (Å²) in [4.78, 5) is 0. The highest BCUT2D eigenvalue weighted by Crippen LogP contribution is 2.37. The third-order valence-corrected chi connectivity index (χ3v) is 4.65. The third-order valence-electron chi connectivity index (χ3n) is 4.31. The Morgan fingerprint density at radius 2 is 2.25 bits per heavy atom. The minimum Gasteiger partial charge on any atom is -0.350 e. The van der Waals surface area contributed by atoms with Crippen molar-refractivity contribution in [2.45, 2.75) is 58.8 Å². The van der Waals surface area contributed by atoms with Gasteiger partial charge in [-0.3, -0.25) is 0 Å². The Labute approximate surface area is 128 Å². The molecule has 1 saturated heterocycles. The number of rotatable bonds is 5. The molecule has 2 nitrogen and oxygen atoms in total. The van der Waals surface area contributed by atoms with E-state index < -0.39 is 0 Å². The van der Waals surface area contributed by atoms with E-state index in [-0.39, 0.29) is 12.4 Å². The molecule has 0 aromatic heterocycles. The number of allylic oxidation sites excluding steroid dienone is 4. The summed E-state index contributed by atoms with van der Waals surface area (Å²) in [7, 11) is 0. The van der Waals surface area contributed by atoms with Gasteiger partial charge in [0.15, 0.2) is 6.29 Å². The van der Waals surface area contributed by atoms with E-state index in [0.29, 0.717) is 24.3 Å². The fraction of sp³-hybridized carbons (Fsp3) is 0.765. The van der Waals surface area contributed by atoms with Crippen molar-refractivity contribution in [3.05, 3.63) is 23.3 Å². The standard InChI is InChI=1S/C17H27ClO2/c1-12(2)5-4-6-14-7-8-16(13(3)9-14)17-19-11-15(10-18)20-17/h5,7,13,15-17H,4,6,8-11H2,1-3H3/t13-,15-,16+,17+/m0/s1. The van der Waals surface area contributed by atoms with Gasteiger partial charge < -0.3 is 9.47 Å². The van der Waals surface area contributed by atoms with E-state index in [9.17, 15) is 0 Å². The van der Waals surface area contributed by atoms with Gasteiger partial charge in [0.05, 0.1) is 18.6 Å². The lowest BCUT2D eigenvalue weighted by Crippen LogP contribution is -2.30. The van der Waals surface area contributed by atoms with Crippen LogP contribution in [0.5, 0.6) is 0 Å². The number of hydrogen-bond acceptors (Lipinski definition) is 2. The van der Waals surface area contributed by atoms with E-state index in [0.717, 1.165) is 12.8 Å². The van der Waals surface area contributed by atoms with Crippen LogP contribution in [0.3, 0.4) is 0 Å². The Bertz CT molecular complexity index is 371. The topological polar surface area (TPSA) is 18.5 Å². The molecule has 4 atom stereocenters. The van der Waals surface area contributed by atoms with Crippen LogP contribution in [0.2, 0.25) is 0 Å². The maximum Gasteiger partial charge on any atom is 0.161 e. The molecule has 2 rings (SSSR count). The molecule has 1 fully saturated rings. The average Bonchev–Trinajstić information content (AvgIpc) is 2.87. The highest BCUT2D eigenvalue weighted by atomic mass is 35.5. The van der Waals surface area contributed by atoms with Gasteiger partial charge in [0.2, 0.25) is 0 Å². The van der Waals surface area contributed by atoms with Crippen molar-refractivity contribution < 1.29 is 9.47 Å². The summed E-state index contributed by atoms with van der Waals surface area (Å²) >= 11 is 5.83. The van der Waals surface area contributed by atoms with Crippen LogP contribution in [0.4, 0.5) is 0 Å². The van der Waals surface area contributed by atoms with Crippen molar-refractivity contribution in [3.8, 4) is 0 Å². The first-order valence-electron chi connectivity index (χ1n) is 7.74. The van der Waals surface area contributed by atoms with E-state index in [4.69, 9.17) is 21.1 Å². The van der Waals surface area contributed by atoms with Gasteiger partial charge in [0.25, 0.3) is 0 Å². The normalized spacial score (nSPS) is 33.9. The summed E-state index contributed by atoms with van der Waals surface area (Å²) < 4.78 is 11.6. The Morgan fingerprint density at radius 3 is 2.85 bits per heavy atom. The molecule has 0 N–H and O–H groups in total. The van der Waals surface area contributed by atoms with Gasteiger partial charge >= 0.3 is 0 Å². The second-order valence-corrected chi connectivity index (χ2v) is 6.69. The molecule has 0 aromatic rings. The van der Waals surface area contributed by atoms with Crippen LogP contribution in [0.25, 0.3) is 0 Å². The molecule has 1 aliphatic carbocycles. The van der Waals surface area contributed by atoms with Crippen molar-refractivity contribution >= 4 is 11.6 Å². The molecule has 20 heavy (non-hydrogen) atoms. The largest absolute Gasteiger partial charge is 0.350 e.